The maximum Gasteiger partial charge on any atom is 0.258 e. The average Bonchev–Trinajstić information content (AvgIpc) is 3.19. The van der Waals surface area contributed by atoms with Gasteiger partial charge in [0, 0.05) is 31.8 Å². The Balaban J connectivity index is 1.30. The molecule has 1 atom stereocenters. The summed E-state index contributed by atoms with van der Waals surface area (Å²) < 4.78 is 11.1. The molecule has 1 aromatic heterocycles. The maximum atomic E-state index is 13.0. The van der Waals surface area contributed by atoms with Crippen LogP contribution in [0.2, 0.25) is 0 Å². The van der Waals surface area contributed by atoms with Gasteiger partial charge >= 0.3 is 0 Å². The van der Waals surface area contributed by atoms with Crippen molar-refractivity contribution in [3.8, 4) is 11.5 Å². The second-order valence-corrected chi connectivity index (χ2v) is 7.96. The van der Waals surface area contributed by atoms with Crippen LogP contribution in [0.15, 0.2) is 47.3 Å². The molecule has 1 saturated heterocycles. The number of hydrogen-bond acceptors (Lipinski definition) is 6. The van der Waals surface area contributed by atoms with Crippen molar-refractivity contribution in [2.24, 2.45) is 5.92 Å². The molecule has 5 rings (SSSR count). The van der Waals surface area contributed by atoms with Gasteiger partial charge in [0.1, 0.15) is 19.0 Å². The Morgan fingerprint density at radius 3 is 2.78 bits per heavy atom. The van der Waals surface area contributed by atoms with E-state index in [-0.39, 0.29) is 36.9 Å². The largest absolute Gasteiger partial charge is 0.486 e. The number of benzene rings is 2. The summed E-state index contributed by atoms with van der Waals surface area (Å²) in [5.74, 6) is 0.876. The highest BCUT2D eigenvalue weighted by Gasteiger charge is 2.37. The molecular formula is C23H22N4O5. The van der Waals surface area contributed by atoms with Gasteiger partial charge < -0.3 is 24.3 Å². The zero-order valence-corrected chi connectivity index (χ0v) is 17.5. The number of carbonyl (C=O) groups is 2. The summed E-state index contributed by atoms with van der Waals surface area (Å²) in [5, 5.41) is 0.502. The van der Waals surface area contributed by atoms with Crippen molar-refractivity contribution in [2.45, 2.75) is 13.0 Å². The summed E-state index contributed by atoms with van der Waals surface area (Å²) in [4.78, 5) is 48.3. The minimum atomic E-state index is -0.479. The molecule has 2 aliphatic rings. The zero-order chi connectivity index (χ0) is 22.2. The Morgan fingerprint density at radius 2 is 1.94 bits per heavy atom. The summed E-state index contributed by atoms with van der Waals surface area (Å²) in [6.45, 7) is 1.38. The first kappa shape index (κ1) is 20.0. The Morgan fingerprint density at radius 1 is 1.16 bits per heavy atom. The van der Waals surface area contributed by atoms with Gasteiger partial charge in [0.05, 0.1) is 23.4 Å². The van der Waals surface area contributed by atoms with Crippen molar-refractivity contribution in [3.05, 3.63) is 58.6 Å². The Labute approximate surface area is 183 Å². The first-order chi connectivity index (χ1) is 15.5. The van der Waals surface area contributed by atoms with Crippen molar-refractivity contribution in [3.63, 3.8) is 0 Å². The van der Waals surface area contributed by atoms with Crippen molar-refractivity contribution in [1.29, 1.82) is 0 Å². The third kappa shape index (κ3) is 3.66. The number of amides is 2. The van der Waals surface area contributed by atoms with Crippen LogP contribution in [0.1, 0.15) is 12.2 Å². The lowest BCUT2D eigenvalue weighted by Gasteiger charge is -2.23. The fourth-order valence-electron chi connectivity index (χ4n) is 4.15. The van der Waals surface area contributed by atoms with Crippen LogP contribution in [-0.2, 0) is 16.1 Å². The molecule has 164 valence electrons. The molecule has 0 aliphatic carbocycles. The second-order valence-electron chi connectivity index (χ2n) is 7.96. The van der Waals surface area contributed by atoms with Gasteiger partial charge in [-0.2, -0.15) is 0 Å². The highest BCUT2D eigenvalue weighted by Crippen LogP contribution is 2.36. The molecule has 1 N–H and O–H groups in total. The van der Waals surface area contributed by atoms with E-state index >= 15 is 0 Å². The first-order valence-corrected chi connectivity index (χ1v) is 10.4. The monoisotopic (exact) mass is 434 g/mol. The number of aromatic amines is 1. The third-order valence-corrected chi connectivity index (χ3v) is 5.74. The summed E-state index contributed by atoms with van der Waals surface area (Å²) in [7, 11) is 1.65. The predicted octanol–water partition coefficient (Wildman–Crippen LogP) is 1.71. The number of H-pyrrole nitrogens is 1. The van der Waals surface area contributed by atoms with Gasteiger partial charge in [0.25, 0.3) is 5.56 Å². The fourth-order valence-corrected chi connectivity index (χ4v) is 4.15. The van der Waals surface area contributed by atoms with Gasteiger partial charge in [-0.25, -0.2) is 4.98 Å². The SMILES string of the molecule is CN(Cc1nc2ccccc2c(=O)[nH]1)C(=O)C1CC(=O)N(c2ccc3c(c2)OCCO3)C1. The summed E-state index contributed by atoms with van der Waals surface area (Å²) >= 11 is 0. The highest BCUT2D eigenvalue weighted by atomic mass is 16.6. The molecule has 1 fully saturated rings. The lowest BCUT2D eigenvalue weighted by molar-refractivity contribution is -0.135. The number of nitrogens with one attached hydrogen (secondary N) is 1. The van der Waals surface area contributed by atoms with Crippen molar-refractivity contribution < 1.29 is 19.1 Å². The molecular weight excluding hydrogens is 412 g/mol. The lowest BCUT2D eigenvalue weighted by atomic mass is 10.1. The lowest BCUT2D eigenvalue weighted by Crippen LogP contribution is -2.35. The van der Waals surface area contributed by atoms with E-state index in [1.165, 1.54) is 4.90 Å². The number of nitrogens with zero attached hydrogens (tertiary/aromatic N) is 3. The molecule has 9 heteroatoms. The Bertz CT molecular complexity index is 1270. The van der Waals surface area contributed by atoms with Crippen LogP contribution >= 0.6 is 0 Å². The van der Waals surface area contributed by atoms with Gasteiger partial charge in [-0.1, -0.05) is 12.1 Å². The Hall–Kier alpha value is -3.88. The smallest absolute Gasteiger partial charge is 0.258 e. The summed E-state index contributed by atoms with van der Waals surface area (Å²) in [5.41, 5.74) is 1.01. The molecule has 2 aliphatic heterocycles. The van der Waals surface area contributed by atoms with E-state index in [9.17, 15) is 14.4 Å². The van der Waals surface area contributed by atoms with Gasteiger partial charge in [-0.05, 0) is 24.3 Å². The van der Waals surface area contributed by atoms with Crippen LogP contribution in [-0.4, -0.2) is 53.5 Å². The van der Waals surface area contributed by atoms with Gasteiger partial charge in [-0.3, -0.25) is 14.4 Å². The quantitative estimate of drug-likeness (QED) is 0.670. The molecule has 0 spiro atoms. The topological polar surface area (TPSA) is 105 Å². The van der Waals surface area contributed by atoms with Gasteiger partial charge in [0.15, 0.2) is 11.5 Å². The normalized spacial score (nSPS) is 17.6. The van der Waals surface area contributed by atoms with Crippen LogP contribution < -0.4 is 19.9 Å². The first-order valence-electron chi connectivity index (χ1n) is 10.4. The molecule has 2 aromatic carbocycles. The number of fused-ring (bicyclic) bond motifs is 2. The van der Waals surface area contributed by atoms with Crippen LogP contribution in [0.4, 0.5) is 5.69 Å². The van der Waals surface area contributed by atoms with Gasteiger partial charge in [-0.15, -0.1) is 0 Å². The van der Waals surface area contributed by atoms with E-state index < -0.39 is 5.92 Å². The molecule has 0 radical (unpaired) electrons. The maximum absolute atomic E-state index is 13.0. The standard InChI is InChI=1S/C23H22N4O5/c1-26(13-20-24-17-5-3-2-4-16(17)22(29)25-20)23(30)14-10-21(28)27(12-14)15-6-7-18-19(11-15)32-9-8-31-18/h2-7,11,14H,8-10,12-13H2,1H3,(H,24,25,29). The van der Waals surface area contributed by atoms with E-state index in [1.807, 2.05) is 6.07 Å². The molecule has 9 nitrogen and oxygen atoms in total. The van der Waals surface area contributed by atoms with Crippen molar-refractivity contribution >= 4 is 28.4 Å². The minimum absolute atomic E-state index is 0.120. The zero-order valence-electron chi connectivity index (χ0n) is 17.5. The Kier molecular flexibility index (Phi) is 5.01. The van der Waals surface area contributed by atoms with Crippen molar-refractivity contribution in [2.75, 3.05) is 31.7 Å². The van der Waals surface area contributed by atoms with Crippen LogP contribution in [0.3, 0.4) is 0 Å². The molecule has 0 bridgehead atoms. The molecule has 32 heavy (non-hydrogen) atoms. The number of hydrogen-bond donors (Lipinski definition) is 1. The second kappa shape index (κ2) is 7.99. The van der Waals surface area contributed by atoms with E-state index in [0.717, 1.165) is 0 Å². The van der Waals surface area contributed by atoms with E-state index in [1.54, 1.807) is 48.3 Å². The van der Waals surface area contributed by atoms with E-state index in [0.29, 0.717) is 47.1 Å². The molecule has 0 saturated carbocycles. The number of ether oxygens (including phenoxy) is 2. The molecule has 3 heterocycles. The third-order valence-electron chi connectivity index (χ3n) is 5.74. The van der Waals surface area contributed by atoms with Crippen LogP contribution in [0.25, 0.3) is 10.9 Å². The average molecular weight is 434 g/mol. The van der Waals surface area contributed by atoms with Crippen LogP contribution in [0, 0.1) is 5.92 Å². The van der Waals surface area contributed by atoms with Gasteiger partial charge in [0.2, 0.25) is 11.8 Å². The summed E-state index contributed by atoms with van der Waals surface area (Å²) in [6, 6.07) is 12.4. The van der Waals surface area contributed by atoms with E-state index in [2.05, 4.69) is 9.97 Å². The van der Waals surface area contributed by atoms with E-state index in [4.69, 9.17) is 9.47 Å². The number of aromatic nitrogens is 2. The number of rotatable bonds is 4. The summed E-state index contributed by atoms with van der Waals surface area (Å²) in [6.07, 6.45) is 0.124. The number of anilines is 1. The molecule has 1 unspecified atom stereocenters. The fraction of sp³-hybridized carbons (Fsp3) is 0.304. The van der Waals surface area contributed by atoms with Crippen molar-refractivity contribution in [1.82, 2.24) is 14.9 Å². The molecule has 3 aromatic rings. The number of carbonyl (C=O) groups excluding carboxylic acids is 2. The van der Waals surface area contributed by atoms with Crippen LogP contribution in [0.5, 0.6) is 11.5 Å². The molecule has 2 amide bonds. The number of para-hydroxylation sites is 1. The minimum Gasteiger partial charge on any atom is -0.486 e. The predicted molar refractivity (Wildman–Crippen MR) is 117 cm³/mol. The highest BCUT2D eigenvalue weighted by molar-refractivity contribution is 6.00.